The molecule has 0 unspecified atom stereocenters. The summed E-state index contributed by atoms with van der Waals surface area (Å²) < 4.78 is 40.7. The molecular weight excluding hydrogens is 283 g/mol. The van der Waals surface area contributed by atoms with E-state index in [1.807, 2.05) is 6.07 Å². The Kier molecular flexibility index (Phi) is 3.22. The quantitative estimate of drug-likeness (QED) is 0.627. The van der Waals surface area contributed by atoms with E-state index >= 15 is 0 Å². The van der Waals surface area contributed by atoms with Gasteiger partial charge in [0.2, 0.25) is 0 Å². The predicted octanol–water partition coefficient (Wildman–Crippen LogP) is 5.22. The number of hydrogen-bond donors (Lipinski definition) is 0. The third-order valence-corrected chi connectivity index (χ3v) is 3.96. The predicted molar refractivity (Wildman–Crippen MR) is 74.6 cm³/mol. The van der Waals surface area contributed by atoms with Gasteiger partial charge in [0.15, 0.2) is 0 Å². The zero-order chi connectivity index (χ0) is 14.2. The van der Waals surface area contributed by atoms with Gasteiger partial charge in [-0.25, -0.2) is 0 Å². The summed E-state index contributed by atoms with van der Waals surface area (Å²) in [5.74, 6) is 0. The Bertz CT molecular complexity index is 732. The maximum atomic E-state index is 13.2. The van der Waals surface area contributed by atoms with Crippen LogP contribution in [0.15, 0.2) is 65.6 Å². The van der Waals surface area contributed by atoms with Crippen molar-refractivity contribution in [3.05, 3.63) is 66.4 Å². The SMILES string of the molecule is FC(F)(F)c1cc2ccccc2n1Sc1ccccc1. The van der Waals surface area contributed by atoms with Gasteiger partial charge in [-0.3, -0.25) is 3.97 Å². The number of aromatic nitrogens is 1. The second-order valence-electron chi connectivity index (χ2n) is 4.28. The second-order valence-corrected chi connectivity index (χ2v) is 5.30. The van der Waals surface area contributed by atoms with Gasteiger partial charge in [-0.15, -0.1) is 0 Å². The molecule has 0 bridgehead atoms. The van der Waals surface area contributed by atoms with Crippen LogP contribution in [0.3, 0.4) is 0 Å². The largest absolute Gasteiger partial charge is 0.432 e. The molecule has 1 aromatic heterocycles. The average molecular weight is 293 g/mol. The number of rotatable bonds is 2. The van der Waals surface area contributed by atoms with Crippen LogP contribution in [0.25, 0.3) is 10.9 Å². The number of alkyl halides is 3. The van der Waals surface area contributed by atoms with Crippen molar-refractivity contribution in [2.45, 2.75) is 11.1 Å². The van der Waals surface area contributed by atoms with E-state index in [9.17, 15) is 13.2 Å². The van der Waals surface area contributed by atoms with Gasteiger partial charge in [-0.2, -0.15) is 13.2 Å². The average Bonchev–Trinajstić information content (AvgIpc) is 2.79. The Hall–Kier alpha value is -1.88. The number of halogens is 3. The Labute approximate surface area is 118 Å². The van der Waals surface area contributed by atoms with E-state index in [1.165, 1.54) is 10.0 Å². The van der Waals surface area contributed by atoms with E-state index in [0.29, 0.717) is 10.9 Å². The van der Waals surface area contributed by atoms with Crippen LogP contribution in [0.1, 0.15) is 5.69 Å². The first kappa shape index (κ1) is 13.1. The topological polar surface area (TPSA) is 4.93 Å². The van der Waals surface area contributed by atoms with Crippen molar-refractivity contribution >= 4 is 22.9 Å². The number of para-hydroxylation sites is 1. The van der Waals surface area contributed by atoms with E-state index in [4.69, 9.17) is 0 Å². The van der Waals surface area contributed by atoms with Gasteiger partial charge in [0.1, 0.15) is 5.69 Å². The first-order valence-electron chi connectivity index (χ1n) is 5.97. The smallest absolute Gasteiger partial charge is 0.275 e. The normalized spacial score (nSPS) is 11.9. The fourth-order valence-corrected chi connectivity index (χ4v) is 3.02. The van der Waals surface area contributed by atoms with Gasteiger partial charge in [0.05, 0.1) is 5.52 Å². The maximum Gasteiger partial charge on any atom is 0.432 e. The third kappa shape index (κ3) is 2.41. The first-order valence-corrected chi connectivity index (χ1v) is 6.74. The lowest BCUT2D eigenvalue weighted by Crippen LogP contribution is -2.09. The van der Waals surface area contributed by atoms with Gasteiger partial charge in [0, 0.05) is 10.3 Å². The first-order chi connectivity index (χ1) is 9.55. The highest BCUT2D eigenvalue weighted by Gasteiger charge is 2.35. The number of hydrogen-bond acceptors (Lipinski definition) is 1. The van der Waals surface area contributed by atoms with Gasteiger partial charge < -0.3 is 0 Å². The van der Waals surface area contributed by atoms with E-state index in [1.54, 1.807) is 48.5 Å². The van der Waals surface area contributed by atoms with Crippen molar-refractivity contribution in [3.63, 3.8) is 0 Å². The highest BCUT2D eigenvalue weighted by molar-refractivity contribution is 7.98. The fourth-order valence-electron chi connectivity index (χ4n) is 2.01. The molecule has 20 heavy (non-hydrogen) atoms. The van der Waals surface area contributed by atoms with Crippen LogP contribution in [0.4, 0.5) is 13.2 Å². The Morgan fingerprint density at radius 2 is 1.50 bits per heavy atom. The number of fused-ring (bicyclic) bond motifs is 1. The van der Waals surface area contributed by atoms with Crippen LogP contribution >= 0.6 is 11.9 Å². The molecule has 1 heterocycles. The number of benzene rings is 2. The minimum atomic E-state index is -4.37. The molecule has 3 aromatic rings. The highest BCUT2D eigenvalue weighted by atomic mass is 32.2. The molecule has 0 fully saturated rings. The van der Waals surface area contributed by atoms with Crippen molar-refractivity contribution in [1.29, 1.82) is 0 Å². The fraction of sp³-hybridized carbons (Fsp3) is 0.0667. The lowest BCUT2D eigenvalue weighted by molar-refractivity contribution is -0.141. The van der Waals surface area contributed by atoms with Crippen molar-refractivity contribution < 1.29 is 13.2 Å². The molecule has 0 atom stereocenters. The Balaban J connectivity index is 2.16. The summed E-state index contributed by atoms with van der Waals surface area (Å²) in [6, 6.07) is 17.1. The zero-order valence-corrected chi connectivity index (χ0v) is 11.1. The van der Waals surface area contributed by atoms with Crippen LogP contribution in [0.2, 0.25) is 0 Å². The van der Waals surface area contributed by atoms with Crippen LogP contribution in [0.5, 0.6) is 0 Å². The summed E-state index contributed by atoms with van der Waals surface area (Å²) in [5, 5.41) is 0.586. The van der Waals surface area contributed by atoms with Crippen LogP contribution < -0.4 is 0 Å². The Morgan fingerprint density at radius 3 is 2.20 bits per heavy atom. The van der Waals surface area contributed by atoms with E-state index in [-0.39, 0.29) is 0 Å². The highest BCUT2D eigenvalue weighted by Crippen LogP contribution is 2.38. The van der Waals surface area contributed by atoms with Crippen molar-refractivity contribution in [3.8, 4) is 0 Å². The summed E-state index contributed by atoms with van der Waals surface area (Å²) in [5.41, 5.74) is -0.0822. The van der Waals surface area contributed by atoms with Crippen molar-refractivity contribution in [2.24, 2.45) is 0 Å². The van der Waals surface area contributed by atoms with Crippen LogP contribution in [-0.2, 0) is 6.18 Å². The molecule has 1 nitrogen and oxygen atoms in total. The molecule has 0 aliphatic rings. The molecular formula is C15H10F3NS. The molecule has 2 aromatic carbocycles. The summed E-state index contributed by atoms with van der Waals surface area (Å²) >= 11 is 1.07. The molecule has 0 saturated heterocycles. The van der Waals surface area contributed by atoms with Gasteiger partial charge >= 0.3 is 6.18 Å². The molecule has 0 N–H and O–H groups in total. The zero-order valence-electron chi connectivity index (χ0n) is 10.3. The second kappa shape index (κ2) is 4.90. The van der Waals surface area contributed by atoms with E-state index in [0.717, 1.165) is 16.8 Å². The standard InChI is InChI=1S/C15H10F3NS/c16-15(17,18)14-10-11-6-4-5-9-13(11)19(14)20-12-7-2-1-3-8-12/h1-10H. The van der Waals surface area contributed by atoms with Gasteiger partial charge in [-0.05, 0) is 36.2 Å². The minimum Gasteiger partial charge on any atom is -0.275 e. The van der Waals surface area contributed by atoms with Crippen molar-refractivity contribution in [1.82, 2.24) is 3.97 Å². The molecule has 0 spiro atoms. The molecule has 3 rings (SSSR count). The molecule has 0 aliphatic heterocycles. The minimum absolute atomic E-state index is 0.564. The summed E-state index contributed by atoms with van der Waals surface area (Å²) in [6.07, 6.45) is -4.37. The summed E-state index contributed by atoms with van der Waals surface area (Å²) in [6.45, 7) is 0. The third-order valence-electron chi connectivity index (χ3n) is 2.90. The lowest BCUT2D eigenvalue weighted by Gasteiger charge is -2.11. The monoisotopic (exact) mass is 293 g/mol. The van der Waals surface area contributed by atoms with E-state index in [2.05, 4.69) is 0 Å². The molecule has 5 heteroatoms. The molecule has 0 aliphatic carbocycles. The Morgan fingerprint density at radius 1 is 0.850 bits per heavy atom. The summed E-state index contributed by atoms with van der Waals surface area (Å²) in [4.78, 5) is 0.763. The van der Waals surface area contributed by atoms with Gasteiger partial charge in [-0.1, -0.05) is 36.4 Å². The van der Waals surface area contributed by atoms with Crippen LogP contribution in [0, 0.1) is 0 Å². The van der Waals surface area contributed by atoms with Crippen LogP contribution in [-0.4, -0.2) is 3.97 Å². The molecule has 102 valence electrons. The summed E-state index contributed by atoms with van der Waals surface area (Å²) in [7, 11) is 0. The maximum absolute atomic E-state index is 13.2. The molecule has 0 saturated carbocycles. The molecule has 0 radical (unpaired) electrons. The lowest BCUT2D eigenvalue weighted by atomic mass is 10.2. The van der Waals surface area contributed by atoms with Gasteiger partial charge in [0.25, 0.3) is 0 Å². The van der Waals surface area contributed by atoms with Crippen molar-refractivity contribution in [2.75, 3.05) is 0 Å². The number of nitrogens with zero attached hydrogens (tertiary/aromatic N) is 1. The van der Waals surface area contributed by atoms with E-state index < -0.39 is 11.9 Å². The molecule has 0 amide bonds.